The van der Waals surface area contributed by atoms with Crippen molar-refractivity contribution in [3.63, 3.8) is 0 Å². The average molecular weight is 305 g/mol. The van der Waals surface area contributed by atoms with Crippen LogP contribution in [0.25, 0.3) is 0 Å². The Morgan fingerprint density at radius 1 is 1.09 bits per heavy atom. The molecule has 6 heteroatoms. The third-order valence-corrected chi connectivity index (χ3v) is 4.73. The van der Waals surface area contributed by atoms with Gasteiger partial charge in [-0.1, -0.05) is 13.8 Å². The molecule has 22 heavy (non-hydrogen) atoms. The van der Waals surface area contributed by atoms with E-state index >= 15 is 0 Å². The molecule has 1 amide bonds. The van der Waals surface area contributed by atoms with Crippen molar-refractivity contribution < 1.29 is 4.79 Å². The zero-order valence-electron chi connectivity index (χ0n) is 13.8. The minimum atomic E-state index is 0.314. The van der Waals surface area contributed by atoms with Gasteiger partial charge in [0.25, 0.3) is 0 Å². The van der Waals surface area contributed by atoms with Crippen molar-refractivity contribution >= 4 is 5.91 Å². The van der Waals surface area contributed by atoms with E-state index in [-0.39, 0.29) is 0 Å². The molecule has 0 aliphatic carbocycles. The molecule has 2 aliphatic rings. The summed E-state index contributed by atoms with van der Waals surface area (Å²) in [6, 6.07) is 0. The molecule has 122 valence electrons. The Balaban J connectivity index is 1.51. The minimum absolute atomic E-state index is 0.314. The highest BCUT2D eigenvalue weighted by Crippen LogP contribution is 2.18. The van der Waals surface area contributed by atoms with Gasteiger partial charge in [-0.05, 0) is 19.3 Å². The molecule has 0 radical (unpaired) electrons. The first-order valence-electron chi connectivity index (χ1n) is 8.57. The van der Waals surface area contributed by atoms with E-state index in [0.717, 1.165) is 63.8 Å². The quantitative estimate of drug-likeness (QED) is 0.848. The minimum Gasteiger partial charge on any atom is -0.343 e. The first-order chi connectivity index (χ1) is 10.6. The summed E-state index contributed by atoms with van der Waals surface area (Å²) in [7, 11) is 0. The first kappa shape index (κ1) is 15.5. The molecule has 1 aromatic rings. The van der Waals surface area contributed by atoms with E-state index in [0.29, 0.717) is 18.2 Å². The fourth-order valence-electron chi connectivity index (χ4n) is 3.40. The fraction of sp³-hybridized carbons (Fsp3) is 0.812. The van der Waals surface area contributed by atoms with Gasteiger partial charge in [-0.15, -0.1) is 10.2 Å². The number of carbonyl (C=O) groups is 1. The van der Waals surface area contributed by atoms with Crippen LogP contribution in [-0.4, -0.2) is 56.7 Å². The highest BCUT2D eigenvalue weighted by atomic mass is 16.2. The predicted octanol–water partition coefficient (Wildman–Crippen LogP) is 1.62. The van der Waals surface area contributed by atoms with E-state index in [1.807, 2.05) is 4.90 Å². The molecule has 1 saturated heterocycles. The average Bonchev–Trinajstić information content (AvgIpc) is 2.96. The zero-order valence-corrected chi connectivity index (χ0v) is 13.8. The van der Waals surface area contributed by atoms with Gasteiger partial charge in [-0.2, -0.15) is 0 Å². The third kappa shape index (κ3) is 3.32. The predicted molar refractivity (Wildman–Crippen MR) is 84.4 cm³/mol. The zero-order chi connectivity index (χ0) is 15.5. The molecule has 0 unspecified atom stereocenters. The second kappa shape index (κ2) is 6.77. The molecule has 0 spiro atoms. The van der Waals surface area contributed by atoms with Crippen LogP contribution < -0.4 is 0 Å². The van der Waals surface area contributed by atoms with E-state index < -0.39 is 0 Å². The smallest absolute Gasteiger partial charge is 0.223 e. The molecule has 0 saturated carbocycles. The summed E-state index contributed by atoms with van der Waals surface area (Å²) in [6.45, 7) is 9.77. The first-order valence-corrected chi connectivity index (χ1v) is 8.57. The molecule has 0 bridgehead atoms. The lowest BCUT2D eigenvalue weighted by Gasteiger charge is -2.30. The Bertz CT molecular complexity index is 519. The Morgan fingerprint density at radius 3 is 2.59 bits per heavy atom. The van der Waals surface area contributed by atoms with Crippen LogP contribution in [-0.2, 0) is 17.9 Å². The molecular weight excluding hydrogens is 278 g/mol. The van der Waals surface area contributed by atoms with E-state index in [2.05, 4.69) is 33.5 Å². The number of hydrogen-bond donors (Lipinski definition) is 0. The van der Waals surface area contributed by atoms with Crippen LogP contribution >= 0.6 is 0 Å². The number of hydrogen-bond acceptors (Lipinski definition) is 4. The van der Waals surface area contributed by atoms with Crippen LogP contribution in [0.15, 0.2) is 0 Å². The maximum atomic E-state index is 12.2. The van der Waals surface area contributed by atoms with Gasteiger partial charge in [0, 0.05) is 45.1 Å². The number of rotatable bonds is 4. The summed E-state index contributed by atoms with van der Waals surface area (Å²) < 4.78 is 2.24. The van der Waals surface area contributed by atoms with Crippen molar-refractivity contribution in [3.8, 4) is 0 Å². The highest BCUT2D eigenvalue weighted by Gasteiger charge is 2.23. The SMILES string of the molecule is CC(C)c1nnc2n1CCN(CCC(=O)N1CCCCC1)C2. The summed E-state index contributed by atoms with van der Waals surface area (Å²) >= 11 is 0. The highest BCUT2D eigenvalue weighted by molar-refractivity contribution is 5.76. The molecular formula is C16H27N5O. The Morgan fingerprint density at radius 2 is 1.86 bits per heavy atom. The lowest BCUT2D eigenvalue weighted by Crippen LogP contribution is -2.40. The van der Waals surface area contributed by atoms with Crippen molar-refractivity contribution in [2.45, 2.75) is 58.5 Å². The van der Waals surface area contributed by atoms with Gasteiger partial charge in [-0.25, -0.2) is 0 Å². The maximum absolute atomic E-state index is 12.2. The number of likely N-dealkylation sites (tertiary alicyclic amines) is 1. The number of amides is 1. The summed E-state index contributed by atoms with van der Waals surface area (Å²) in [6.07, 6.45) is 4.22. The molecule has 2 aliphatic heterocycles. The third-order valence-electron chi connectivity index (χ3n) is 4.73. The Labute approximate surface area is 132 Å². The number of aromatic nitrogens is 3. The lowest BCUT2D eigenvalue weighted by atomic mass is 10.1. The van der Waals surface area contributed by atoms with Gasteiger partial charge >= 0.3 is 0 Å². The molecule has 0 aromatic carbocycles. The van der Waals surface area contributed by atoms with Crippen molar-refractivity contribution in [3.05, 3.63) is 11.6 Å². The van der Waals surface area contributed by atoms with Gasteiger partial charge in [0.2, 0.25) is 5.91 Å². The second-order valence-electron chi connectivity index (χ2n) is 6.75. The van der Waals surface area contributed by atoms with Crippen LogP contribution in [0, 0.1) is 0 Å². The van der Waals surface area contributed by atoms with E-state index in [9.17, 15) is 4.79 Å². The van der Waals surface area contributed by atoms with Crippen LogP contribution in [0.3, 0.4) is 0 Å². The van der Waals surface area contributed by atoms with Gasteiger partial charge in [0.1, 0.15) is 11.6 Å². The summed E-state index contributed by atoms with van der Waals surface area (Å²) in [5.74, 6) is 2.85. The van der Waals surface area contributed by atoms with Crippen LogP contribution in [0.1, 0.15) is 57.1 Å². The fourth-order valence-corrected chi connectivity index (χ4v) is 3.40. The van der Waals surface area contributed by atoms with E-state index in [1.54, 1.807) is 0 Å². The lowest BCUT2D eigenvalue weighted by molar-refractivity contribution is -0.132. The molecule has 0 atom stereocenters. The standard InChI is InChI=1S/C16H27N5O/c1-13(2)16-18-17-14-12-19(10-11-21(14)16)9-6-15(22)20-7-4-3-5-8-20/h13H,3-12H2,1-2H3. The largest absolute Gasteiger partial charge is 0.343 e. The van der Waals surface area contributed by atoms with Gasteiger partial charge in [0.15, 0.2) is 0 Å². The van der Waals surface area contributed by atoms with Crippen molar-refractivity contribution in [1.82, 2.24) is 24.6 Å². The maximum Gasteiger partial charge on any atom is 0.223 e. The molecule has 1 aromatic heterocycles. The van der Waals surface area contributed by atoms with E-state index in [1.165, 1.54) is 6.42 Å². The number of fused-ring (bicyclic) bond motifs is 1. The number of piperidine rings is 1. The summed E-state index contributed by atoms with van der Waals surface area (Å²) in [5.41, 5.74) is 0. The van der Waals surface area contributed by atoms with Gasteiger partial charge < -0.3 is 9.47 Å². The van der Waals surface area contributed by atoms with Crippen molar-refractivity contribution in [1.29, 1.82) is 0 Å². The Hall–Kier alpha value is -1.43. The molecule has 1 fully saturated rings. The number of carbonyl (C=O) groups excluding carboxylic acids is 1. The Kier molecular flexibility index (Phi) is 4.76. The summed E-state index contributed by atoms with van der Waals surface area (Å²) in [4.78, 5) is 16.6. The van der Waals surface area contributed by atoms with E-state index in [4.69, 9.17) is 0 Å². The monoisotopic (exact) mass is 305 g/mol. The molecule has 0 N–H and O–H groups in total. The van der Waals surface area contributed by atoms with Crippen molar-refractivity contribution in [2.24, 2.45) is 0 Å². The van der Waals surface area contributed by atoms with Crippen molar-refractivity contribution in [2.75, 3.05) is 26.2 Å². The molecule has 3 rings (SSSR count). The van der Waals surface area contributed by atoms with Crippen LogP contribution in [0.2, 0.25) is 0 Å². The van der Waals surface area contributed by atoms with Gasteiger partial charge in [-0.3, -0.25) is 9.69 Å². The normalized spacial score (nSPS) is 19.5. The van der Waals surface area contributed by atoms with Crippen LogP contribution in [0.4, 0.5) is 0 Å². The van der Waals surface area contributed by atoms with Gasteiger partial charge in [0.05, 0.1) is 6.54 Å². The van der Waals surface area contributed by atoms with Crippen LogP contribution in [0.5, 0.6) is 0 Å². The topological polar surface area (TPSA) is 54.3 Å². The number of nitrogens with zero attached hydrogens (tertiary/aromatic N) is 5. The summed E-state index contributed by atoms with van der Waals surface area (Å²) in [5, 5.41) is 8.63. The second-order valence-corrected chi connectivity index (χ2v) is 6.75. The molecule has 3 heterocycles. The molecule has 6 nitrogen and oxygen atoms in total.